The molecule has 0 rings (SSSR count). The number of aliphatic hydroxyl groups is 2. The number of nitrogens with one attached hydrogen (secondary N) is 1. The third kappa shape index (κ3) is 27.3. The highest BCUT2D eigenvalue weighted by molar-refractivity contribution is 5.71. The molecule has 0 atom stereocenters. The average Bonchev–Trinajstić information content (AvgIpc) is 1.85. The van der Waals surface area contributed by atoms with E-state index < -0.39 is 6.04 Å². The molecule has 0 aromatic rings. The van der Waals surface area contributed by atoms with Gasteiger partial charge in [0.25, 0.3) is 0 Å². The van der Waals surface area contributed by atoms with Crippen molar-refractivity contribution in [1.82, 2.24) is 0 Å². The van der Waals surface area contributed by atoms with Crippen LogP contribution in [-0.4, -0.2) is 35.4 Å². The van der Waals surface area contributed by atoms with Gasteiger partial charge in [0, 0.05) is 0 Å². The number of guanidine groups is 1. The van der Waals surface area contributed by atoms with E-state index in [0.717, 1.165) is 0 Å². The zero-order chi connectivity index (χ0) is 8.57. The van der Waals surface area contributed by atoms with Crippen molar-refractivity contribution in [3.8, 4) is 0 Å². The summed E-state index contributed by atoms with van der Waals surface area (Å²) in [6.07, 6.45) is 0. The highest BCUT2D eigenvalue weighted by atomic mass is 16.3. The lowest BCUT2D eigenvalue weighted by atomic mass is 10.4. The Bertz CT molecular complexity index is 79.3. The summed E-state index contributed by atoms with van der Waals surface area (Å²) in [5.74, 6) is -0.333. The molecule has 0 spiro atoms. The first kappa shape index (κ1) is 11.9. The normalized spacial score (nSPS) is 8.40. The largest absolute Gasteiger partial charge is 0.395 e. The van der Waals surface area contributed by atoms with Crippen LogP contribution in [-0.2, 0) is 0 Å². The van der Waals surface area contributed by atoms with Gasteiger partial charge in [-0.25, -0.2) is 0 Å². The fourth-order valence-corrected chi connectivity index (χ4v) is 0.0577. The minimum absolute atomic E-state index is 0.142. The molecular formula is C4H14N4O2. The van der Waals surface area contributed by atoms with Crippen LogP contribution in [0.4, 0.5) is 0 Å². The molecule has 0 heterocycles. The van der Waals surface area contributed by atoms with E-state index in [1.54, 1.807) is 0 Å². The molecule has 6 nitrogen and oxygen atoms in total. The zero-order valence-electron chi connectivity index (χ0n) is 5.62. The highest BCUT2D eigenvalue weighted by Gasteiger charge is 1.91. The molecule has 0 aromatic carbocycles. The molecule has 62 valence electrons. The van der Waals surface area contributed by atoms with Crippen molar-refractivity contribution in [2.75, 3.05) is 13.2 Å². The van der Waals surface area contributed by atoms with Crippen LogP contribution in [0.2, 0.25) is 0 Å². The van der Waals surface area contributed by atoms with Crippen LogP contribution in [0.15, 0.2) is 0 Å². The van der Waals surface area contributed by atoms with Crippen LogP contribution in [0.3, 0.4) is 0 Å². The summed E-state index contributed by atoms with van der Waals surface area (Å²) in [6, 6.07) is -0.454. The van der Waals surface area contributed by atoms with Gasteiger partial charge in [-0.1, -0.05) is 0 Å². The van der Waals surface area contributed by atoms with Gasteiger partial charge in [0.15, 0.2) is 5.96 Å². The summed E-state index contributed by atoms with van der Waals surface area (Å²) in [7, 11) is 0. The van der Waals surface area contributed by atoms with E-state index in [1.165, 1.54) is 0 Å². The number of rotatable bonds is 2. The van der Waals surface area contributed by atoms with Crippen molar-refractivity contribution in [2.24, 2.45) is 17.2 Å². The maximum absolute atomic E-state index is 8.05. The van der Waals surface area contributed by atoms with Crippen molar-refractivity contribution in [3.63, 3.8) is 0 Å². The third-order valence-corrected chi connectivity index (χ3v) is 0.469. The number of aliphatic hydroxyl groups excluding tert-OH is 2. The molecule has 0 amide bonds. The van der Waals surface area contributed by atoms with Crippen LogP contribution in [0.5, 0.6) is 0 Å². The second-order valence-electron chi connectivity index (χ2n) is 1.58. The Balaban J connectivity index is 0. The van der Waals surface area contributed by atoms with E-state index in [0.29, 0.717) is 0 Å². The van der Waals surface area contributed by atoms with Gasteiger partial charge in [-0.05, 0) is 0 Å². The molecule has 0 radical (unpaired) electrons. The molecule has 0 aliphatic rings. The Morgan fingerprint density at radius 2 is 1.50 bits per heavy atom. The van der Waals surface area contributed by atoms with E-state index in [2.05, 4.69) is 11.5 Å². The maximum atomic E-state index is 8.05. The summed E-state index contributed by atoms with van der Waals surface area (Å²) >= 11 is 0. The lowest BCUT2D eigenvalue weighted by molar-refractivity contribution is 0.194. The molecule has 0 bridgehead atoms. The molecule has 6 heteroatoms. The fraction of sp³-hybridized carbons (Fsp3) is 0.750. The topological polar surface area (TPSA) is 142 Å². The standard InChI is InChI=1S/C3H9NO2.CH5N3/c4-3(1-5)2-6;2-1(3)4/h3,5-6H,1-2,4H2;(H5,2,3,4). The molecule has 0 fully saturated rings. The van der Waals surface area contributed by atoms with E-state index in [-0.39, 0.29) is 19.2 Å². The molecule has 9 N–H and O–H groups in total. The lowest BCUT2D eigenvalue weighted by Gasteiger charge is -1.98. The van der Waals surface area contributed by atoms with E-state index in [4.69, 9.17) is 21.4 Å². The summed E-state index contributed by atoms with van der Waals surface area (Å²) in [5.41, 5.74) is 13.9. The second kappa shape index (κ2) is 8.15. The van der Waals surface area contributed by atoms with Crippen molar-refractivity contribution < 1.29 is 10.2 Å². The molecule has 0 saturated heterocycles. The van der Waals surface area contributed by atoms with Crippen molar-refractivity contribution in [2.45, 2.75) is 6.04 Å². The van der Waals surface area contributed by atoms with Gasteiger partial charge in [-0.3, -0.25) is 5.41 Å². The molecule has 10 heavy (non-hydrogen) atoms. The van der Waals surface area contributed by atoms with E-state index in [1.807, 2.05) is 0 Å². The second-order valence-corrected chi connectivity index (χ2v) is 1.58. The van der Waals surface area contributed by atoms with Gasteiger partial charge in [-0.15, -0.1) is 0 Å². The first-order chi connectivity index (χ1) is 4.54. The van der Waals surface area contributed by atoms with Crippen LogP contribution in [0, 0.1) is 5.41 Å². The smallest absolute Gasteiger partial charge is 0.183 e. The van der Waals surface area contributed by atoms with Gasteiger partial charge in [0.1, 0.15) is 0 Å². The van der Waals surface area contributed by atoms with Crippen LogP contribution in [0.1, 0.15) is 0 Å². The zero-order valence-corrected chi connectivity index (χ0v) is 5.62. The summed E-state index contributed by atoms with van der Waals surface area (Å²) < 4.78 is 0. The summed E-state index contributed by atoms with van der Waals surface area (Å²) in [5, 5.41) is 22.2. The quantitative estimate of drug-likeness (QED) is 0.185. The van der Waals surface area contributed by atoms with Crippen molar-refractivity contribution in [3.05, 3.63) is 0 Å². The molecule has 0 aromatic heterocycles. The van der Waals surface area contributed by atoms with Crippen molar-refractivity contribution in [1.29, 1.82) is 5.41 Å². The monoisotopic (exact) mass is 150 g/mol. The Morgan fingerprint density at radius 1 is 1.30 bits per heavy atom. The van der Waals surface area contributed by atoms with Crippen LogP contribution < -0.4 is 17.2 Å². The van der Waals surface area contributed by atoms with Gasteiger partial charge in [0.05, 0.1) is 19.3 Å². The first-order valence-corrected chi connectivity index (χ1v) is 2.61. The Labute approximate surface area is 59.1 Å². The van der Waals surface area contributed by atoms with E-state index >= 15 is 0 Å². The van der Waals surface area contributed by atoms with Crippen molar-refractivity contribution >= 4 is 5.96 Å². The molecular weight excluding hydrogens is 136 g/mol. The summed E-state index contributed by atoms with van der Waals surface area (Å²) in [4.78, 5) is 0. The predicted molar refractivity (Wildman–Crippen MR) is 38.2 cm³/mol. The Kier molecular flexibility index (Phi) is 9.69. The molecule has 0 aliphatic carbocycles. The minimum Gasteiger partial charge on any atom is -0.395 e. The van der Waals surface area contributed by atoms with Crippen LogP contribution in [0.25, 0.3) is 0 Å². The number of hydrogen-bond acceptors (Lipinski definition) is 4. The number of nitrogens with two attached hydrogens (primary N) is 3. The molecule has 0 aliphatic heterocycles. The Morgan fingerprint density at radius 3 is 1.50 bits per heavy atom. The molecule has 0 saturated carbocycles. The lowest BCUT2D eigenvalue weighted by Crippen LogP contribution is -2.27. The van der Waals surface area contributed by atoms with Gasteiger partial charge < -0.3 is 27.4 Å². The average molecular weight is 150 g/mol. The highest BCUT2D eigenvalue weighted by Crippen LogP contribution is 1.66. The van der Waals surface area contributed by atoms with Crippen LogP contribution >= 0.6 is 0 Å². The summed E-state index contributed by atoms with van der Waals surface area (Å²) in [6.45, 7) is -0.285. The predicted octanol–water partition coefficient (Wildman–Crippen LogP) is -2.86. The van der Waals surface area contributed by atoms with Gasteiger partial charge in [0.2, 0.25) is 0 Å². The van der Waals surface area contributed by atoms with Gasteiger partial charge >= 0.3 is 0 Å². The van der Waals surface area contributed by atoms with Gasteiger partial charge in [-0.2, -0.15) is 0 Å². The number of hydrogen-bond donors (Lipinski definition) is 6. The SMILES string of the molecule is N=C(N)N.NC(CO)CO. The maximum Gasteiger partial charge on any atom is 0.183 e. The first-order valence-electron chi connectivity index (χ1n) is 2.61. The Hall–Kier alpha value is -0.850. The fourth-order valence-electron chi connectivity index (χ4n) is 0.0577. The minimum atomic E-state index is -0.454. The molecule has 0 unspecified atom stereocenters. The third-order valence-electron chi connectivity index (χ3n) is 0.469. The van der Waals surface area contributed by atoms with E-state index in [9.17, 15) is 0 Å².